The van der Waals surface area contributed by atoms with Crippen LogP contribution in [0, 0.1) is 0 Å². The van der Waals surface area contributed by atoms with Gasteiger partial charge in [-0.2, -0.15) is 0 Å². The molecule has 2 aliphatic heterocycles. The Hall–Kier alpha value is -2.77. The number of carbonyl (C=O) groups excluding carboxylic acids is 3. The maximum Gasteiger partial charge on any atom is 0.410 e. The van der Waals surface area contributed by atoms with Gasteiger partial charge in [0.05, 0.1) is 5.69 Å². The molecule has 1 atom stereocenters. The Balaban J connectivity index is 1.57. The number of hydrogen-bond acceptors (Lipinski definition) is 5. The van der Waals surface area contributed by atoms with E-state index in [1.807, 2.05) is 45.0 Å². The van der Waals surface area contributed by atoms with Gasteiger partial charge in [-0.3, -0.25) is 9.59 Å². The van der Waals surface area contributed by atoms with Crippen molar-refractivity contribution in [3.8, 4) is 5.75 Å². The normalized spacial score (nSPS) is 19.7. The summed E-state index contributed by atoms with van der Waals surface area (Å²) in [5.74, 6) is 0.485. The molecule has 3 amide bonds. The Morgan fingerprint density at radius 3 is 2.50 bits per heavy atom. The molecule has 0 aliphatic carbocycles. The molecule has 1 unspecified atom stereocenters. The van der Waals surface area contributed by atoms with Crippen molar-refractivity contribution in [1.29, 1.82) is 0 Å². The molecule has 0 bridgehead atoms. The molecular weight excluding hydrogens is 386 g/mol. The van der Waals surface area contributed by atoms with E-state index in [2.05, 4.69) is 0 Å². The molecule has 1 fully saturated rings. The Labute approximate surface area is 177 Å². The van der Waals surface area contributed by atoms with Crippen LogP contribution in [0.5, 0.6) is 5.75 Å². The SMILES string of the molecule is CC1Oc2ccccc2N(CCC(=O)N2CCCN(C(=O)OC(C)(C)C)CC2)C1=O. The molecule has 1 saturated heterocycles. The van der Waals surface area contributed by atoms with E-state index in [4.69, 9.17) is 9.47 Å². The van der Waals surface area contributed by atoms with Gasteiger partial charge in [-0.25, -0.2) is 4.79 Å². The maximum absolute atomic E-state index is 12.8. The minimum Gasteiger partial charge on any atom is -0.479 e. The van der Waals surface area contributed by atoms with Crippen molar-refractivity contribution >= 4 is 23.6 Å². The molecule has 8 heteroatoms. The summed E-state index contributed by atoms with van der Waals surface area (Å²) in [6.45, 7) is 9.58. The van der Waals surface area contributed by atoms with Crippen molar-refractivity contribution in [3.63, 3.8) is 0 Å². The summed E-state index contributed by atoms with van der Waals surface area (Å²) in [5.41, 5.74) is 0.150. The van der Waals surface area contributed by atoms with Crippen LogP contribution < -0.4 is 9.64 Å². The van der Waals surface area contributed by atoms with Crippen LogP contribution >= 0.6 is 0 Å². The second-order valence-corrected chi connectivity index (χ2v) is 8.67. The van der Waals surface area contributed by atoms with Crippen molar-refractivity contribution in [2.75, 3.05) is 37.6 Å². The monoisotopic (exact) mass is 417 g/mol. The molecule has 2 heterocycles. The van der Waals surface area contributed by atoms with Crippen LogP contribution in [0.15, 0.2) is 24.3 Å². The number of rotatable bonds is 3. The zero-order chi connectivity index (χ0) is 21.9. The molecular formula is C22H31N3O5. The number of anilines is 1. The van der Waals surface area contributed by atoms with E-state index < -0.39 is 11.7 Å². The van der Waals surface area contributed by atoms with Gasteiger partial charge in [-0.05, 0) is 46.2 Å². The lowest BCUT2D eigenvalue weighted by molar-refractivity contribution is -0.131. The van der Waals surface area contributed by atoms with Crippen molar-refractivity contribution in [3.05, 3.63) is 24.3 Å². The number of ether oxygens (including phenoxy) is 2. The average molecular weight is 418 g/mol. The van der Waals surface area contributed by atoms with Crippen molar-refractivity contribution < 1.29 is 23.9 Å². The summed E-state index contributed by atoms with van der Waals surface area (Å²) in [6.07, 6.45) is -0.00232. The van der Waals surface area contributed by atoms with Gasteiger partial charge in [0, 0.05) is 39.1 Å². The smallest absolute Gasteiger partial charge is 0.410 e. The zero-order valence-electron chi connectivity index (χ0n) is 18.2. The Morgan fingerprint density at radius 2 is 1.77 bits per heavy atom. The van der Waals surface area contributed by atoms with Gasteiger partial charge in [0.2, 0.25) is 5.91 Å². The van der Waals surface area contributed by atoms with Gasteiger partial charge in [0.25, 0.3) is 5.91 Å². The molecule has 0 radical (unpaired) electrons. The maximum atomic E-state index is 12.8. The van der Waals surface area contributed by atoms with E-state index in [1.165, 1.54) is 0 Å². The van der Waals surface area contributed by atoms with E-state index in [0.717, 1.165) is 0 Å². The van der Waals surface area contributed by atoms with Crippen LogP contribution in [0.25, 0.3) is 0 Å². The Kier molecular flexibility index (Phi) is 6.53. The highest BCUT2D eigenvalue weighted by Gasteiger charge is 2.32. The molecule has 1 aromatic rings. The number of para-hydroxylation sites is 2. The van der Waals surface area contributed by atoms with Crippen molar-refractivity contribution in [2.45, 2.75) is 52.2 Å². The lowest BCUT2D eigenvalue weighted by Crippen LogP contribution is -2.46. The largest absolute Gasteiger partial charge is 0.479 e. The van der Waals surface area contributed by atoms with Gasteiger partial charge >= 0.3 is 6.09 Å². The molecule has 0 spiro atoms. The summed E-state index contributed by atoms with van der Waals surface area (Å²) in [5, 5.41) is 0. The summed E-state index contributed by atoms with van der Waals surface area (Å²) < 4.78 is 11.1. The van der Waals surface area contributed by atoms with Crippen LogP contribution in [0.2, 0.25) is 0 Å². The molecule has 3 rings (SSSR count). The van der Waals surface area contributed by atoms with E-state index in [9.17, 15) is 14.4 Å². The van der Waals surface area contributed by atoms with Crippen LogP contribution in [-0.2, 0) is 14.3 Å². The van der Waals surface area contributed by atoms with Crippen molar-refractivity contribution in [2.24, 2.45) is 0 Å². The highest BCUT2D eigenvalue weighted by atomic mass is 16.6. The number of nitrogens with zero attached hydrogens (tertiary/aromatic N) is 3. The van der Waals surface area contributed by atoms with Gasteiger partial charge in [0.1, 0.15) is 11.4 Å². The van der Waals surface area contributed by atoms with E-state index in [0.29, 0.717) is 50.6 Å². The fourth-order valence-corrected chi connectivity index (χ4v) is 3.63. The zero-order valence-corrected chi connectivity index (χ0v) is 18.2. The molecule has 0 saturated carbocycles. The highest BCUT2D eigenvalue weighted by Crippen LogP contribution is 2.33. The van der Waals surface area contributed by atoms with Gasteiger partial charge in [0.15, 0.2) is 6.10 Å². The topological polar surface area (TPSA) is 79.4 Å². The third-order valence-electron chi connectivity index (χ3n) is 5.12. The lowest BCUT2D eigenvalue weighted by Gasteiger charge is -2.33. The van der Waals surface area contributed by atoms with Crippen LogP contribution in [-0.4, -0.2) is 72.1 Å². The highest BCUT2D eigenvalue weighted by molar-refractivity contribution is 6.00. The molecule has 8 nitrogen and oxygen atoms in total. The van der Waals surface area contributed by atoms with E-state index in [1.54, 1.807) is 21.6 Å². The first kappa shape index (κ1) is 21.9. The minimum absolute atomic E-state index is 0.0227. The van der Waals surface area contributed by atoms with Crippen LogP contribution in [0.4, 0.5) is 10.5 Å². The van der Waals surface area contributed by atoms with Crippen LogP contribution in [0.3, 0.4) is 0 Å². The predicted molar refractivity (Wildman–Crippen MR) is 113 cm³/mol. The molecule has 0 aromatic heterocycles. The van der Waals surface area contributed by atoms with E-state index >= 15 is 0 Å². The average Bonchev–Trinajstić information content (AvgIpc) is 2.93. The molecule has 1 aromatic carbocycles. The Bertz CT molecular complexity index is 804. The number of amides is 3. The first-order chi connectivity index (χ1) is 14.2. The predicted octanol–water partition coefficient (Wildman–Crippen LogP) is 2.66. The number of hydrogen-bond donors (Lipinski definition) is 0. The Morgan fingerprint density at radius 1 is 1.10 bits per heavy atom. The quantitative estimate of drug-likeness (QED) is 0.756. The molecule has 0 N–H and O–H groups in total. The number of benzene rings is 1. The van der Waals surface area contributed by atoms with Gasteiger partial charge in [-0.15, -0.1) is 0 Å². The third-order valence-corrected chi connectivity index (χ3v) is 5.12. The summed E-state index contributed by atoms with van der Waals surface area (Å²) in [4.78, 5) is 42.8. The second kappa shape index (κ2) is 8.93. The minimum atomic E-state index is -0.574. The molecule has 2 aliphatic rings. The van der Waals surface area contributed by atoms with Gasteiger partial charge in [-0.1, -0.05) is 12.1 Å². The fraction of sp³-hybridized carbons (Fsp3) is 0.591. The number of carbonyl (C=O) groups is 3. The standard InChI is InChI=1S/C22H31N3O5/c1-16-20(27)25(17-8-5-6-9-18(17)29-16)13-10-19(26)23-11-7-12-24(15-14-23)21(28)30-22(2,3)4/h5-6,8-9,16H,7,10-15H2,1-4H3. The van der Waals surface area contributed by atoms with Crippen LogP contribution in [0.1, 0.15) is 40.5 Å². The summed E-state index contributed by atoms with van der Waals surface area (Å²) in [7, 11) is 0. The fourth-order valence-electron chi connectivity index (χ4n) is 3.63. The third kappa shape index (κ3) is 5.23. The lowest BCUT2D eigenvalue weighted by atomic mass is 10.1. The number of fused-ring (bicyclic) bond motifs is 1. The van der Waals surface area contributed by atoms with Gasteiger partial charge < -0.3 is 24.2 Å². The molecule has 30 heavy (non-hydrogen) atoms. The summed E-state index contributed by atoms with van der Waals surface area (Å²) >= 11 is 0. The van der Waals surface area contributed by atoms with E-state index in [-0.39, 0.29) is 24.3 Å². The summed E-state index contributed by atoms with van der Waals surface area (Å²) in [6, 6.07) is 7.36. The first-order valence-corrected chi connectivity index (χ1v) is 10.5. The van der Waals surface area contributed by atoms with Crippen molar-refractivity contribution in [1.82, 2.24) is 9.80 Å². The second-order valence-electron chi connectivity index (χ2n) is 8.67. The first-order valence-electron chi connectivity index (χ1n) is 10.5. The molecule has 164 valence electrons.